The highest BCUT2D eigenvalue weighted by Crippen LogP contribution is 2.24. The van der Waals surface area contributed by atoms with Gasteiger partial charge in [-0.05, 0) is 47.2 Å². The normalized spacial score (nSPS) is 15.5. The van der Waals surface area contributed by atoms with E-state index >= 15 is 0 Å². The molecule has 0 saturated heterocycles. The van der Waals surface area contributed by atoms with Crippen molar-refractivity contribution in [3.05, 3.63) is 32.4 Å². The van der Waals surface area contributed by atoms with Gasteiger partial charge in [-0.3, -0.25) is 0 Å². The average molecular weight is 312 g/mol. The fourth-order valence-corrected chi connectivity index (χ4v) is 1.46. The first kappa shape index (κ1) is 11.2. The lowest BCUT2D eigenvalue weighted by atomic mass is 9.94. The van der Waals surface area contributed by atoms with Gasteiger partial charge in [0.05, 0.1) is 17.2 Å². The molecule has 1 aromatic carbocycles. The summed E-state index contributed by atoms with van der Waals surface area (Å²) in [5.74, 6) is 0. The van der Waals surface area contributed by atoms with E-state index in [4.69, 9.17) is 22.4 Å². The second-order valence-corrected chi connectivity index (χ2v) is 4.77. The third-order valence-corrected chi connectivity index (χ3v) is 3.48. The van der Waals surface area contributed by atoms with Crippen molar-refractivity contribution in [2.75, 3.05) is 6.61 Å². The van der Waals surface area contributed by atoms with Gasteiger partial charge < -0.3 is 10.8 Å². The first-order chi connectivity index (χ1) is 5.97. The molecular formula is C9H11ClINO. The van der Waals surface area contributed by atoms with Crippen molar-refractivity contribution in [3.8, 4) is 0 Å². The van der Waals surface area contributed by atoms with Gasteiger partial charge in [0.25, 0.3) is 0 Å². The van der Waals surface area contributed by atoms with Gasteiger partial charge >= 0.3 is 0 Å². The zero-order valence-corrected chi connectivity index (χ0v) is 10.1. The third kappa shape index (κ3) is 2.56. The summed E-state index contributed by atoms with van der Waals surface area (Å²) in [7, 11) is 0. The lowest BCUT2D eigenvalue weighted by molar-refractivity contribution is 0.210. The first-order valence-corrected chi connectivity index (χ1v) is 5.28. The highest BCUT2D eigenvalue weighted by Gasteiger charge is 2.20. The van der Waals surface area contributed by atoms with Crippen LogP contribution in [0.25, 0.3) is 0 Å². The predicted molar refractivity (Wildman–Crippen MR) is 62.8 cm³/mol. The Labute approximate surface area is 96.2 Å². The second kappa shape index (κ2) is 4.13. The van der Waals surface area contributed by atoms with Crippen LogP contribution in [0.4, 0.5) is 0 Å². The maximum atomic E-state index is 9.04. The number of aliphatic hydroxyl groups is 1. The number of benzene rings is 1. The van der Waals surface area contributed by atoms with Crippen LogP contribution in [-0.4, -0.2) is 11.7 Å². The highest BCUT2D eigenvalue weighted by atomic mass is 127. The van der Waals surface area contributed by atoms with E-state index in [0.29, 0.717) is 5.02 Å². The van der Waals surface area contributed by atoms with E-state index in [2.05, 4.69) is 22.6 Å². The molecule has 3 N–H and O–H groups in total. The summed E-state index contributed by atoms with van der Waals surface area (Å²) in [5.41, 5.74) is 5.98. The molecule has 0 aromatic heterocycles. The smallest absolute Gasteiger partial charge is 0.0650 e. The molecule has 0 heterocycles. The summed E-state index contributed by atoms with van der Waals surface area (Å²) in [6, 6.07) is 5.56. The van der Waals surface area contributed by atoms with E-state index < -0.39 is 5.54 Å². The molecule has 0 amide bonds. The summed E-state index contributed by atoms with van der Waals surface area (Å²) in [5, 5.41) is 9.71. The number of halogens is 2. The standard InChI is InChI=1S/C9H11ClINO/c1-9(12,5-13)6-2-3-8(11)7(10)4-6/h2-4,13H,5,12H2,1H3/t9-/m1/s1. The Kier molecular flexibility index (Phi) is 3.57. The van der Waals surface area contributed by atoms with Crippen LogP contribution < -0.4 is 5.73 Å². The topological polar surface area (TPSA) is 46.2 Å². The maximum Gasteiger partial charge on any atom is 0.0650 e. The Morgan fingerprint density at radius 3 is 2.69 bits per heavy atom. The Bertz CT molecular complexity index is 314. The van der Waals surface area contributed by atoms with Gasteiger partial charge in [-0.2, -0.15) is 0 Å². The van der Waals surface area contributed by atoms with E-state index in [1.807, 2.05) is 12.1 Å². The maximum absolute atomic E-state index is 9.04. The van der Waals surface area contributed by atoms with Gasteiger partial charge in [-0.1, -0.05) is 17.7 Å². The molecule has 13 heavy (non-hydrogen) atoms. The fraction of sp³-hybridized carbons (Fsp3) is 0.333. The van der Waals surface area contributed by atoms with E-state index in [1.165, 1.54) is 0 Å². The van der Waals surface area contributed by atoms with E-state index in [-0.39, 0.29) is 6.61 Å². The van der Waals surface area contributed by atoms with Crippen LogP contribution in [0.3, 0.4) is 0 Å². The molecule has 0 spiro atoms. The van der Waals surface area contributed by atoms with Crippen molar-refractivity contribution < 1.29 is 5.11 Å². The Hall–Kier alpha value is 0.160. The van der Waals surface area contributed by atoms with Gasteiger partial charge in [0.15, 0.2) is 0 Å². The quantitative estimate of drug-likeness (QED) is 0.822. The molecule has 0 radical (unpaired) electrons. The second-order valence-electron chi connectivity index (χ2n) is 3.20. The van der Waals surface area contributed by atoms with Crippen LogP contribution in [0.5, 0.6) is 0 Å². The number of hydrogen-bond acceptors (Lipinski definition) is 2. The van der Waals surface area contributed by atoms with Gasteiger partial charge in [-0.15, -0.1) is 0 Å². The van der Waals surface area contributed by atoms with Crippen LogP contribution in [0.1, 0.15) is 12.5 Å². The lowest BCUT2D eigenvalue weighted by Gasteiger charge is -2.22. The predicted octanol–water partition coefficient (Wildman–Crippen LogP) is 2.11. The van der Waals surface area contributed by atoms with Crippen molar-refractivity contribution in [2.24, 2.45) is 5.73 Å². The number of rotatable bonds is 2. The summed E-state index contributed by atoms with van der Waals surface area (Å²) in [6.07, 6.45) is 0. The van der Waals surface area contributed by atoms with Gasteiger partial charge in [0.1, 0.15) is 0 Å². The Balaban J connectivity index is 3.10. The van der Waals surface area contributed by atoms with E-state index in [0.717, 1.165) is 9.13 Å². The van der Waals surface area contributed by atoms with Crippen LogP contribution in [0.2, 0.25) is 5.02 Å². The molecule has 1 atom stereocenters. The van der Waals surface area contributed by atoms with Crippen LogP contribution in [0, 0.1) is 3.57 Å². The van der Waals surface area contributed by atoms with Crippen molar-refractivity contribution in [1.29, 1.82) is 0 Å². The summed E-state index contributed by atoms with van der Waals surface area (Å²) >= 11 is 8.08. The minimum atomic E-state index is -0.714. The van der Waals surface area contributed by atoms with E-state index in [1.54, 1.807) is 13.0 Å². The molecule has 1 rings (SSSR count). The molecule has 0 unspecified atom stereocenters. The van der Waals surface area contributed by atoms with Crippen molar-refractivity contribution in [2.45, 2.75) is 12.5 Å². The molecule has 0 aliphatic heterocycles. The fourth-order valence-electron chi connectivity index (χ4n) is 0.943. The van der Waals surface area contributed by atoms with Crippen molar-refractivity contribution in [1.82, 2.24) is 0 Å². The van der Waals surface area contributed by atoms with E-state index in [9.17, 15) is 0 Å². The van der Waals surface area contributed by atoms with Crippen LogP contribution in [0.15, 0.2) is 18.2 Å². The lowest BCUT2D eigenvalue weighted by Crippen LogP contribution is -2.36. The zero-order chi connectivity index (χ0) is 10.1. The van der Waals surface area contributed by atoms with Crippen molar-refractivity contribution in [3.63, 3.8) is 0 Å². The minimum Gasteiger partial charge on any atom is -0.394 e. The van der Waals surface area contributed by atoms with Crippen LogP contribution >= 0.6 is 34.2 Å². The monoisotopic (exact) mass is 311 g/mol. The molecular weight excluding hydrogens is 300 g/mol. The largest absolute Gasteiger partial charge is 0.394 e. The molecule has 1 aromatic rings. The first-order valence-electron chi connectivity index (χ1n) is 3.82. The number of hydrogen-bond donors (Lipinski definition) is 2. The SMILES string of the molecule is C[C@@](N)(CO)c1ccc(I)c(Cl)c1. The molecule has 0 saturated carbocycles. The molecule has 0 aliphatic carbocycles. The molecule has 0 aliphatic rings. The van der Waals surface area contributed by atoms with Gasteiger partial charge in [-0.25, -0.2) is 0 Å². The van der Waals surface area contributed by atoms with Gasteiger partial charge in [0, 0.05) is 3.57 Å². The van der Waals surface area contributed by atoms with Crippen LogP contribution in [-0.2, 0) is 5.54 Å². The highest BCUT2D eigenvalue weighted by molar-refractivity contribution is 14.1. The molecule has 0 fully saturated rings. The molecule has 2 nitrogen and oxygen atoms in total. The third-order valence-electron chi connectivity index (χ3n) is 1.91. The summed E-state index contributed by atoms with van der Waals surface area (Å²) in [6.45, 7) is 1.68. The van der Waals surface area contributed by atoms with Crippen molar-refractivity contribution >= 4 is 34.2 Å². The zero-order valence-electron chi connectivity index (χ0n) is 7.22. The Morgan fingerprint density at radius 1 is 1.62 bits per heavy atom. The number of aliphatic hydroxyl groups excluding tert-OH is 1. The minimum absolute atomic E-state index is 0.0933. The number of nitrogens with two attached hydrogens (primary N) is 1. The average Bonchev–Trinajstić information content (AvgIpc) is 2.09. The summed E-state index contributed by atoms with van der Waals surface area (Å²) in [4.78, 5) is 0. The molecule has 4 heteroatoms. The molecule has 72 valence electrons. The van der Waals surface area contributed by atoms with Gasteiger partial charge in [0.2, 0.25) is 0 Å². The summed E-state index contributed by atoms with van der Waals surface area (Å²) < 4.78 is 0.983. The Morgan fingerprint density at radius 2 is 2.23 bits per heavy atom. The molecule has 0 bridgehead atoms.